The summed E-state index contributed by atoms with van der Waals surface area (Å²) in [6.45, 7) is 4.44. The van der Waals surface area contributed by atoms with Crippen LogP contribution in [0, 0.1) is 0 Å². The van der Waals surface area contributed by atoms with Crippen LogP contribution in [-0.4, -0.2) is 40.6 Å². The van der Waals surface area contributed by atoms with Crippen molar-refractivity contribution in [3.8, 4) is 5.75 Å². The van der Waals surface area contributed by atoms with E-state index >= 15 is 0 Å². The maximum Gasteiger partial charge on any atom is 0.223 e. The highest BCUT2D eigenvalue weighted by molar-refractivity contribution is 5.84. The molecule has 1 heterocycles. The molecule has 0 atom stereocenters. The Kier molecular flexibility index (Phi) is 4.35. The molecule has 21 heavy (non-hydrogen) atoms. The molecule has 2 N–H and O–H groups in total. The number of hydrogen-bond acceptors (Lipinski definition) is 4. The monoisotopic (exact) mass is 290 g/mol. The number of ether oxygens (including phenoxy) is 1. The summed E-state index contributed by atoms with van der Waals surface area (Å²) in [6, 6.07) is 5.72. The van der Waals surface area contributed by atoms with Gasteiger partial charge in [-0.2, -0.15) is 0 Å². The Hall–Kier alpha value is -2.24. The summed E-state index contributed by atoms with van der Waals surface area (Å²) >= 11 is 0. The number of nitrogen functional groups attached to an aromatic ring is 1. The van der Waals surface area contributed by atoms with E-state index in [1.807, 2.05) is 36.6 Å². The lowest BCUT2D eigenvalue weighted by atomic mass is 10.2. The van der Waals surface area contributed by atoms with Crippen LogP contribution in [-0.2, 0) is 11.3 Å². The topological polar surface area (TPSA) is 73.4 Å². The van der Waals surface area contributed by atoms with Gasteiger partial charge in [-0.3, -0.25) is 4.79 Å². The molecular weight excluding hydrogens is 268 g/mol. The summed E-state index contributed by atoms with van der Waals surface area (Å²) in [4.78, 5) is 17.7. The highest BCUT2D eigenvalue weighted by Gasteiger charge is 2.14. The number of carbonyl (C=O) groups is 1. The van der Waals surface area contributed by atoms with E-state index in [4.69, 9.17) is 10.5 Å². The number of imidazole rings is 1. The van der Waals surface area contributed by atoms with Crippen LogP contribution in [0.25, 0.3) is 11.0 Å². The van der Waals surface area contributed by atoms with Gasteiger partial charge in [-0.15, -0.1) is 0 Å². The van der Waals surface area contributed by atoms with Crippen LogP contribution < -0.4 is 10.5 Å². The van der Waals surface area contributed by atoms with Crippen molar-refractivity contribution in [3.05, 3.63) is 18.2 Å². The number of benzene rings is 1. The van der Waals surface area contributed by atoms with Gasteiger partial charge in [0.2, 0.25) is 11.9 Å². The van der Waals surface area contributed by atoms with Crippen molar-refractivity contribution in [2.75, 3.05) is 19.8 Å². The van der Waals surface area contributed by atoms with Gasteiger partial charge in [0.15, 0.2) is 0 Å². The lowest BCUT2D eigenvalue weighted by molar-refractivity contribution is -0.128. The van der Waals surface area contributed by atoms with Crippen LogP contribution in [0.2, 0.25) is 0 Å². The number of hydrogen-bond donors (Lipinski definition) is 1. The molecule has 0 aliphatic rings. The minimum atomic E-state index is 0.0610. The molecule has 6 nitrogen and oxygen atoms in total. The van der Waals surface area contributed by atoms with E-state index < -0.39 is 0 Å². The molecule has 0 bridgehead atoms. The number of aryl methyl sites for hydroxylation is 1. The van der Waals surface area contributed by atoms with Gasteiger partial charge >= 0.3 is 0 Å². The number of nitrogens with two attached hydrogens (primary N) is 1. The fourth-order valence-corrected chi connectivity index (χ4v) is 2.15. The largest absolute Gasteiger partial charge is 0.489 e. The first-order valence-corrected chi connectivity index (χ1v) is 7.01. The van der Waals surface area contributed by atoms with Crippen molar-refractivity contribution in [1.82, 2.24) is 14.5 Å². The molecule has 2 rings (SSSR count). The van der Waals surface area contributed by atoms with E-state index in [1.54, 1.807) is 19.0 Å². The number of rotatable bonds is 5. The van der Waals surface area contributed by atoms with E-state index in [9.17, 15) is 4.79 Å². The maximum atomic E-state index is 11.7. The molecule has 114 valence electrons. The third-order valence-corrected chi connectivity index (χ3v) is 3.18. The predicted molar refractivity (Wildman–Crippen MR) is 83.2 cm³/mol. The Morgan fingerprint density at radius 2 is 2.14 bits per heavy atom. The molecular formula is C15H22N4O2. The second kappa shape index (κ2) is 6.03. The molecule has 0 saturated heterocycles. The molecule has 0 spiro atoms. The summed E-state index contributed by atoms with van der Waals surface area (Å²) in [5.41, 5.74) is 7.61. The van der Waals surface area contributed by atoms with Gasteiger partial charge in [0.1, 0.15) is 11.3 Å². The summed E-state index contributed by atoms with van der Waals surface area (Å²) in [5.74, 6) is 1.18. The average Bonchev–Trinajstić information content (AvgIpc) is 2.72. The van der Waals surface area contributed by atoms with Crippen LogP contribution >= 0.6 is 0 Å². The first-order valence-electron chi connectivity index (χ1n) is 7.01. The van der Waals surface area contributed by atoms with Crippen molar-refractivity contribution >= 4 is 22.9 Å². The molecule has 0 aliphatic carbocycles. The van der Waals surface area contributed by atoms with Gasteiger partial charge in [-0.1, -0.05) is 6.07 Å². The molecule has 1 aromatic carbocycles. The molecule has 1 aromatic heterocycles. The fourth-order valence-electron chi connectivity index (χ4n) is 2.15. The SMILES string of the molecule is CC(C)Oc1cccc2c1nc(N)n2CCC(=O)N(C)C. The Morgan fingerprint density at radius 1 is 1.43 bits per heavy atom. The van der Waals surface area contributed by atoms with E-state index in [1.165, 1.54) is 0 Å². The Balaban J connectivity index is 2.32. The normalized spacial score (nSPS) is 11.1. The quantitative estimate of drug-likeness (QED) is 0.912. The third kappa shape index (κ3) is 3.26. The highest BCUT2D eigenvalue weighted by Crippen LogP contribution is 2.28. The van der Waals surface area contributed by atoms with E-state index in [0.29, 0.717) is 24.7 Å². The van der Waals surface area contributed by atoms with Crippen LogP contribution in [0.5, 0.6) is 5.75 Å². The molecule has 0 saturated carbocycles. The van der Waals surface area contributed by atoms with Gasteiger partial charge < -0.3 is 19.9 Å². The number of anilines is 1. The van der Waals surface area contributed by atoms with Crippen LogP contribution in [0.4, 0.5) is 5.95 Å². The van der Waals surface area contributed by atoms with Crippen molar-refractivity contribution in [2.45, 2.75) is 32.9 Å². The minimum Gasteiger partial charge on any atom is -0.489 e. The first kappa shape index (κ1) is 15.2. The number of fused-ring (bicyclic) bond motifs is 1. The second-order valence-corrected chi connectivity index (χ2v) is 5.45. The van der Waals surface area contributed by atoms with E-state index in [-0.39, 0.29) is 12.0 Å². The van der Waals surface area contributed by atoms with Crippen LogP contribution in [0.1, 0.15) is 20.3 Å². The number of carbonyl (C=O) groups excluding carboxylic acids is 1. The number of para-hydroxylation sites is 1. The zero-order chi connectivity index (χ0) is 15.6. The van der Waals surface area contributed by atoms with Gasteiger partial charge in [-0.05, 0) is 26.0 Å². The second-order valence-electron chi connectivity index (χ2n) is 5.45. The Labute approximate surface area is 124 Å². The summed E-state index contributed by atoms with van der Waals surface area (Å²) in [6.07, 6.45) is 0.454. The first-order chi connectivity index (χ1) is 9.90. The van der Waals surface area contributed by atoms with Crippen molar-refractivity contribution < 1.29 is 9.53 Å². The van der Waals surface area contributed by atoms with E-state index in [0.717, 1.165) is 11.0 Å². The predicted octanol–water partition coefficient (Wildman–Crippen LogP) is 1.88. The fraction of sp³-hybridized carbons (Fsp3) is 0.467. The highest BCUT2D eigenvalue weighted by atomic mass is 16.5. The van der Waals surface area contributed by atoms with Crippen LogP contribution in [0.3, 0.4) is 0 Å². The van der Waals surface area contributed by atoms with Crippen molar-refractivity contribution in [2.24, 2.45) is 0 Å². The standard InChI is InChI=1S/C15H22N4O2/c1-10(2)21-12-7-5-6-11-14(12)17-15(16)19(11)9-8-13(20)18(3)4/h5-7,10H,8-9H2,1-4H3,(H2,16,17). The zero-order valence-electron chi connectivity index (χ0n) is 13.0. The van der Waals surface area contributed by atoms with Crippen LogP contribution in [0.15, 0.2) is 18.2 Å². The zero-order valence-corrected chi connectivity index (χ0v) is 13.0. The molecule has 0 fully saturated rings. The lowest BCUT2D eigenvalue weighted by Crippen LogP contribution is -2.23. The molecule has 0 aliphatic heterocycles. The lowest BCUT2D eigenvalue weighted by Gasteiger charge is -2.12. The maximum absolute atomic E-state index is 11.7. The molecule has 2 aromatic rings. The van der Waals surface area contributed by atoms with Gasteiger partial charge in [-0.25, -0.2) is 4.98 Å². The molecule has 0 radical (unpaired) electrons. The van der Waals surface area contributed by atoms with E-state index in [2.05, 4.69) is 4.98 Å². The van der Waals surface area contributed by atoms with Gasteiger partial charge in [0.05, 0.1) is 11.6 Å². The van der Waals surface area contributed by atoms with Gasteiger partial charge in [0.25, 0.3) is 0 Å². The average molecular weight is 290 g/mol. The number of aromatic nitrogens is 2. The number of amides is 1. The third-order valence-electron chi connectivity index (χ3n) is 3.18. The summed E-state index contributed by atoms with van der Waals surface area (Å²) < 4.78 is 7.60. The number of nitrogens with zero attached hydrogens (tertiary/aromatic N) is 3. The summed E-state index contributed by atoms with van der Waals surface area (Å²) in [5, 5.41) is 0. The smallest absolute Gasteiger partial charge is 0.223 e. The molecule has 0 unspecified atom stereocenters. The van der Waals surface area contributed by atoms with Crippen molar-refractivity contribution in [1.29, 1.82) is 0 Å². The Morgan fingerprint density at radius 3 is 2.76 bits per heavy atom. The minimum absolute atomic E-state index is 0.0610. The Bertz CT molecular complexity index is 646. The van der Waals surface area contributed by atoms with Gasteiger partial charge in [0, 0.05) is 27.1 Å². The van der Waals surface area contributed by atoms with Crippen molar-refractivity contribution in [3.63, 3.8) is 0 Å². The molecule has 1 amide bonds. The summed E-state index contributed by atoms with van der Waals surface area (Å²) in [7, 11) is 3.48. The molecule has 6 heteroatoms.